The number of nitrogens with zero attached hydrogens (tertiary/aromatic N) is 1. The molecule has 1 aromatic rings. The van der Waals surface area contributed by atoms with Crippen molar-refractivity contribution >= 4 is 12.0 Å². The zero-order valence-electron chi connectivity index (χ0n) is 16.1. The van der Waals surface area contributed by atoms with Crippen molar-refractivity contribution < 1.29 is 27.8 Å². The van der Waals surface area contributed by atoms with Crippen LogP contribution < -0.4 is 10.1 Å². The first-order valence-corrected chi connectivity index (χ1v) is 9.49. The Balaban J connectivity index is 2.08. The van der Waals surface area contributed by atoms with Gasteiger partial charge in [0.1, 0.15) is 11.4 Å². The van der Waals surface area contributed by atoms with Crippen molar-refractivity contribution in [2.45, 2.75) is 51.2 Å². The highest BCUT2D eigenvalue weighted by Crippen LogP contribution is 2.40. The number of methoxy groups -OCH3 is 1. The van der Waals surface area contributed by atoms with Gasteiger partial charge in [0, 0.05) is 5.56 Å². The van der Waals surface area contributed by atoms with E-state index in [1.54, 1.807) is 12.1 Å². The Morgan fingerprint density at radius 3 is 2.61 bits per heavy atom. The number of hydrogen-bond donors (Lipinski definition) is 2. The number of amides is 1. The number of aliphatic hydroxyl groups is 1. The van der Waals surface area contributed by atoms with E-state index in [0.29, 0.717) is 30.6 Å². The highest BCUT2D eigenvalue weighted by Gasteiger charge is 2.40. The summed E-state index contributed by atoms with van der Waals surface area (Å²) in [6.07, 6.45) is 2.81. The number of pyridine rings is 1. The largest absolute Gasteiger partial charge is 0.495 e. The second kappa shape index (κ2) is 9.91. The number of nitrogens with one attached hydrogen (secondary N) is 1. The summed E-state index contributed by atoms with van der Waals surface area (Å²) in [5.41, 5.74) is 0.825. The lowest BCUT2D eigenvalue weighted by molar-refractivity contribution is -0.183. The summed E-state index contributed by atoms with van der Waals surface area (Å²) in [5, 5.41) is 11.9. The minimum atomic E-state index is -4.11. The molecule has 156 valence electrons. The third-order valence-electron chi connectivity index (χ3n) is 5.18. The minimum Gasteiger partial charge on any atom is -0.495 e. The molecule has 2 N–H and O–H groups in total. The van der Waals surface area contributed by atoms with Crippen LogP contribution in [0.4, 0.5) is 13.2 Å². The molecule has 1 atom stereocenters. The van der Waals surface area contributed by atoms with Crippen LogP contribution in [0.5, 0.6) is 5.75 Å². The van der Waals surface area contributed by atoms with Crippen molar-refractivity contribution in [1.29, 1.82) is 0 Å². The summed E-state index contributed by atoms with van der Waals surface area (Å²) in [6.45, 7) is 1.69. The minimum absolute atomic E-state index is 0.0626. The molecule has 0 aromatic carbocycles. The normalized spacial score (nSPS) is 21.5. The standard InChI is InChI=1S/C20H27F3N2O3/c1-3-16(12-26)25-19(27)17-10-14(18(28-2)11-24-17)7-4-13-5-8-15(9-6-13)20(21,22)23/h4,7,10-11,13,15-16,26H,3,5-6,8-9,12H2,1-2H3,(H,25,27)/b7-4+/t13?,15?,16-/m1/s1. The number of carbonyl (C=O) groups is 1. The van der Waals surface area contributed by atoms with E-state index in [1.807, 2.05) is 13.0 Å². The van der Waals surface area contributed by atoms with Crippen LogP contribution in [-0.4, -0.2) is 41.9 Å². The quantitative estimate of drug-likeness (QED) is 0.727. The molecule has 1 fully saturated rings. The third kappa shape index (κ3) is 5.95. The van der Waals surface area contributed by atoms with Crippen molar-refractivity contribution in [1.82, 2.24) is 10.3 Å². The second-order valence-electron chi connectivity index (χ2n) is 7.09. The Hall–Kier alpha value is -2.09. The molecule has 8 heteroatoms. The topological polar surface area (TPSA) is 71.5 Å². The molecule has 28 heavy (non-hydrogen) atoms. The van der Waals surface area contributed by atoms with Crippen LogP contribution in [0.15, 0.2) is 18.3 Å². The van der Waals surface area contributed by atoms with Crippen molar-refractivity contribution in [3.8, 4) is 5.75 Å². The zero-order chi connectivity index (χ0) is 20.7. The fourth-order valence-electron chi connectivity index (χ4n) is 3.30. The van der Waals surface area contributed by atoms with E-state index in [0.717, 1.165) is 0 Å². The van der Waals surface area contributed by atoms with E-state index in [9.17, 15) is 23.1 Å². The van der Waals surface area contributed by atoms with Crippen molar-refractivity contribution in [2.75, 3.05) is 13.7 Å². The molecular weight excluding hydrogens is 373 g/mol. The number of halogens is 3. The van der Waals surface area contributed by atoms with Crippen LogP contribution in [-0.2, 0) is 0 Å². The summed E-state index contributed by atoms with van der Waals surface area (Å²) < 4.78 is 43.6. The molecular formula is C20H27F3N2O3. The Bertz CT molecular complexity index is 680. The van der Waals surface area contributed by atoms with Crippen molar-refractivity contribution in [3.05, 3.63) is 29.6 Å². The van der Waals surface area contributed by atoms with Crippen molar-refractivity contribution in [3.63, 3.8) is 0 Å². The number of alkyl halides is 3. The van der Waals surface area contributed by atoms with Gasteiger partial charge in [0.15, 0.2) is 0 Å². The molecule has 1 heterocycles. The Labute approximate surface area is 163 Å². The van der Waals surface area contributed by atoms with Crippen LogP contribution in [0.25, 0.3) is 6.08 Å². The molecule has 2 rings (SSSR count). The summed E-state index contributed by atoms with van der Waals surface area (Å²) in [4.78, 5) is 16.4. The average Bonchev–Trinajstić information content (AvgIpc) is 2.69. The maximum absolute atomic E-state index is 12.8. The van der Waals surface area contributed by atoms with Gasteiger partial charge in [-0.05, 0) is 44.1 Å². The highest BCUT2D eigenvalue weighted by atomic mass is 19.4. The molecule has 0 spiro atoms. The third-order valence-corrected chi connectivity index (χ3v) is 5.18. The lowest BCUT2D eigenvalue weighted by Crippen LogP contribution is -2.37. The molecule has 1 aromatic heterocycles. The number of rotatable bonds is 7. The summed E-state index contributed by atoms with van der Waals surface area (Å²) in [5.74, 6) is -1.07. The lowest BCUT2D eigenvalue weighted by Gasteiger charge is -2.28. The predicted octanol–water partition coefficient (Wildman–Crippen LogP) is 3.97. The SMILES string of the molecule is CC[C@H](CO)NC(=O)c1cc(/C=C/C2CCC(C(F)(F)F)CC2)c(OC)cn1. The molecule has 0 unspecified atom stereocenters. The first-order chi connectivity index (χ1) is 13.3. The number of allylic oxidation sites excluding steroid dienone is 1. The van der Waals surface area contributed by atoms with Gasteiger partial charge in [0.2, 0.25) is 0 Å². The molecule has 1 aliphatic rings. The maximum Gasteiger partial charge on any atom is 0.391 e. The van der Waals surface area contributed by atoms with Gasteiger partial charge in [0.25, 0.3) is 5.91 Å². The number of hydrogen-bond acceptors (Lipinski definition) is 4. The van der Waals surface area contributed by atoms with Crippen LogP contribution in [0, 0.1) is 11.8 Å². The lowest BCUT2D eigenvalue weighted by atomic mass is 9.81. The van der Waals surface area contributed by atoms with Gasteiger partial charge in [-0.3, -0.25) is 4.79 Å². The number of ether oxygens (including phenoxy) is 1. The van der Waals surface area contributed by atoms with Crippen molar-refractivity contribution in [2.24, 2.45) is 11.8 Å². The summed E-state index contributed by atoms with van der Waals surface area (Å²) in [7, 11) is 1.49. The van der Waals surface area contributed by atoms with Gasteiger partial charge in [-0.1, -0.05) is 19.1 Å². The van der Waals surface area contributed by atoms with Gasteiger partial charge in [-0.25, -0.2) is 4.98 Å². The summed E-state index contributed by atoms with van der Waals surface area (Å²) in [6, 6.07) is 1.23. The molecule has 1 saturated carbocycles. The van der Waals surface area contributed by atoms with Gasteiger partial charge in [-0.2, -0.15) is 13.2 Å². The first kappa shape index (κ1) is 22.2. The van der Waals surface area contributed by atoms with Crippen LogP contribution in [0.3, 0.4) is 0 Å². The van der Waals surface area contributed by atoms with E-state index in [1.165, 1.54) is 13.3 Å². The fraction of sp³-hybridized carbons (Fsp3) is 0.600. The molecule has 0 radical (unpaired) electrons. The van der Waals surface area contributed by atoms with E-state index < -0.39 is 18.0 Å². The van der Waals surface area contributed by atoms with Gasteiger partial charge in [0.05, 0.1) is 31.9 Å². The summed E-state index contributed by atoms with van der Waals surface area (Å²) >= 11 is 0. The molecule has 5 nitrogen and oxygen atoms in total. The second-order valence-corrected chi connectivity index (χ2v) is 7.09. The smallest absolute Gasteiger partial charge is 0.391 e. The molecule has 1 amide bonds. The molecule has 1 aliphatic carbocycles. The van der Waals surface area contributed by atoms with Gasteiger partial charge < -0.3 is 15.2 Å². The van der Waals surface area contributed by atoms with Crippen LogP contribution in [0.1, 0.15) is 55.1 Å². The predicted molar refractivity (Wildman–Crippen MR) is 100.0 cm³/mol. The monoisotopic (exact) mass is 400 g/mol. The Kier molecular flexibility index (Phi) is 7.86. The van der Waals surface area contributed by atoms with E-state index >= 15 is 0 Å². The first-order valence-electron chi connectivity index (χ1n) is 9.49. The Morgan fingerprint density at radius 1 is 1.39 bits per heavy atom. The Morgan fingerprint density at radius 2 is 2.07 bits per heavy atom. The zero-order valence-corrected chi connectivity index (χ0v) is 16.1. The highest BCUT2D eigenvalue weighted by molar-refractivity contribution is 5.93. The maximum atomic E-state index is 12.8. The van der Waals surface area contributed by atoms with E-state index in [-0.39, 0.29) is 37.1 Å². The number of aliphatic hydroxyl groups excluding tert-OH is 1. The van der Waals surface area contributed by atoms with E-state index in [2.05, 4.69) is 10.3 Å². The van der Waals surface area contributed by atoms with E-state index in [4.69, 9.17) is 4.74 Å². The molecule has 0 aliphatic heterocycles. The number of carbonyl (C=O) groups excluding carboxylic acids is 1. The molecule has 0 bridgehead atoms. The molecule has 0 saturated heterocycles. The van der Waals surface area contributed by atoms with Gasteiger partial charge >= 0.3 is 6.18 Å². The number of aromatic nitrogens is 1. The fourth-order valence-corrected chi connectivity index (χ4v) is 3.30. The average molecular weight is 400 g/mol. The van der Waals surface area contributed by atoms with Crippen LogP contribution in [0.2, 0.25) is 0 Å². The van der Waals surface area contributed by atoms with Gasteiger partial charge in [-0.15, -0.1) is 0 Å². The van der Waals surface area contributed by atoms with Crippen LogP contribution >= 0.6 is 0 Å².